The largest absolute Gasteiger partial charge is 0.310 e. The molecule has 0 atom stereocenters. The van der Waals surface area contributed by atoms with E-state index in [9.17, 15) is 0 Å². The Hall–Kier alpha value is -12.7. The Kier molecular flexibility index (Phi) is 14.2. The number of rotatable bonds is 9. The SMILES string of the molecule is CC(C)(C)c1ccc2c(c1)c1cc(C(C)(C)C)ccc1n2-c1ccc2c(c1)N(c1c(-c3ccccc3)cccc1-c1ccccc1)c1cc(-n3c4ccccc4c4ccccc43)cc3c1B2c1ccc(-c2c4ccccc4cc4ccccc24)cc1N3c1c(-c2ccccc2)cccc1-c1ccccc1. The Morgan fingerprint density at radius 2 is 0.610 bits per heavy atom. The molecule has 4 nitrogen and oxygen atoms in total. The first-order chi connectivity index (χ1) is 51.4. The van der Waals surface area contributed by atoms with Gasteiger partial charge < -0.3 is 18.9 Å². The fraction of sp³-hybridized carbons (Fsp3) is 0.0800. The molecule has 2 aliphatic heterocycles. The second-order valence-electron chi connectivity index (χ2n) is 30.7. The molecule has 498 valence electrons. The van der Waals surface area contributed by atoms with Gasteiger partial charge >= 0.3 is 0 Å². The normalized spacial score (nSPS) is 12.8. The molecule has 0 amide bonds. The number of para-hydroxylation sites is 4. The van der Waals surface area contributed by atoms with E-state index in [1.54, 1.807) is 0 Å². The molecule has 16 aromatic carbocycles. The monoisotopic (exact) mass is 1340 g/mol. The highest BCUT2D eigenvalue weighted by Crippen LogP contribution is 2.55. The van der Waals surface area contributed by atoms with Crippen LogP contribution in [0.5, 0.6) is 0 Å². The molecule has 0 fully saturated rings. The van der Waals surface area contributed by atoms with E-state index >= 15 is 0 Å². The number of nitrogens with zero attached hydrogens (tertiary/aromatic N) is 4. The van der Waals surface area contributed by atoms with Crippen molar-refractivity contribution in [3.05, 3.63) is 357 Å². The van der Waals surface area contributed by atoms with E-state index in [1.807, 2.05) is 0 Å². The highest BCUT2D eigenvalue weighted by Gasteiger charge is 2.46. The van der Waals surface area contributed by atoms with E-state index in [-0.39, 0.29) is 17.5 Å². The Morgan fingerprint density at radius 3 is 1.05 bits per heavy atom. The average Bonchev–Trinajstić information content (AvgIpc) is 1.05. The third kappa shape index (κ3) is 9.89. The maximum absolute atomic E-state index is 2.71. The zero-order valence-corrected chi connectivity index (χ0v) is 59.8. The van der Waals surface area contributed by atoms with Gasteiger partial charge in [-0.2, -0.15) is 0 Å². The lowest BCUT2D eigenvalue weighted by atomic mass is 9.33. The van der Waals surface area contributed by atoms with Crippen molar-refractivity contribution < 1.29 is 0 Å². The molecule has 0 unspecified atom stereocenters. The quantitative estimate of drug-likeness (QED) is 0.106. The zero-order valence-electron chi connectivity index (χ0n) is 59.8. The van der Waals surface area contributed by atoms with Crippen molar-refractivity contribution in [1.82, 2.24) is 9.13 Å². The average molecular weight is 1340 g/mol. The van der Waals surface area contributed by atoms with E-state index in [1.165, 1.54) is 87.2 Å². The summed E-state index contributed by atoms with van der Waals surface area (Å²) in [4.78, 5) is 5.42. The van der Waals surface area contributed by atoms with Gasteiger partial charge in [0.05, 0.1) is 39.1 Å². The summed E-state index contributed by atoms with van der Waals surface area (Å²) in [5.41, 5.74) is 31.0. The van der Waals surface area contributed by atoms with Gasteiger partial charge in [0, 0.05) is 72.2 Å². The second-order valence-corrected chi connectivity index (χ2v) is 30.7. The predicted molar refractivity (Wildman–Crippen MR) is 449 cm³/mol. The molecule has 0 saturated heterocycles. The van der Waals surface area contributed by atoms with Gasteiger partial charge in [-0.15, -0.1) is 0 Å². The first-order valence-corrected chi connectivity index (χ1v) is 36.9. The fourth-order valence-electron chi connectivity index (χ4n) is 17.6. The minimum atomic E-state index is -0.276. The van der Waals surface area contributed by atoms with Gasteiger partial charge in [-0.1, -0.05) is 315 Å². The first-order valence-electron chi connectivity index (χ1n) is 36.9. The summed E-state index contributed by atoms with van der Waals surface area (Å²) in [5.74, 6) is 0. The van der Waals surface area contributed by atoms with Crippen LogP contribution in [0.3, 0.4) is 0 Å². The molecule has 0 radical (unpaired) electrons. The molecule has 105 heavy (non-hydrogen) atoms. The Labute approximate surface area is 613 Å². The van der Waals surface area contributed by atoms with Crippen LogP contribution in [0, 0.1) is 0 Å². The summed E-state index contributed by atoms with van der Waals surface area (Å²) >= 11 is 0. The van der Waals surface area contributed by atoms with Crippen LogP contribution in [-0.2, 0) is 10.8 Å². The molecule has 4 heterocycles. The van der Waals surface area contributed by atoms with E-state index in [2.05, 4.69) is 406 Å². The van der Waals surface area contributed by atoms with Crippen LogP contribution in [0.2, 0.25) is 0 Å². The van der Waals surface area contributed by atoms with Crippen molar-refractivity contribution in [2.24, 2.45) is 0 Å². The van der Waals surface area contributed by atoms with Gasteiger partial charge in [-0.3, -0.25) is 0 Å². The number of hydrogen-bond acceptors (Lipinski definition) is 2. The fourth-order valence-corrected chi connectivity index (χ4v) is 17.6. The summed E-state index contributed by atoms with van der Waals surface area (Å²) in [5, 5.41) is 9.78. The number of aromatic nitrogens is 2. The number of fused-ring (bicyclic) bond motifs is 12. The zero-order chi connectivity index (χ0) is 70.4. The van der Waals surface area contributed by atoms with Gasteiger partial charge in [0.1, 0.15) is 0 Å². The summed E-state index contributed by atoms with van der Waals surface area (Å²) < 4.78 is 5.10. The van der Waals surface area contributed by atoms with Gasteiger partial charge in [0.2, 0.25) is 0 Å². The first kappa shape index (κ1) is 62.1. The Morgan fingerprint density at radius 1 is 0.248 bits per heavy atom. The van der Waals surface area contributed by atoms with Crippen molar-refractivity contribution in [2.45, 2.75) is 52.4 Å². The summed E-state index contributed by atoms with van der Waals surface area (Å²) in [6.07, 6.45) is 0. The molecule has 2 aromatic heterocycles. The van der Waals surface area contributed by atoms with Gasteiger partial charge in [-0.25, -0.2) is 0 Å². The van der Waals surface area contributed by atoms with Gasteiger partial charge in [-0.05, 0) is 166 Å². The molecular weight excluding hydrogens is 1270 g/mol. The van der Waals surface area contributed by atoms with Gasteiger partial charge in [0.15, 0.2) is 0 Å². The lowest BCUT2D eigenvalue weighted by molar-refractivity contribution is 0.590. The third-order valence-electron chi connectivity index (χ3n) is 22.6. The summed E-state index contributed by atoms with van der Waals surface area (Å²) in [6.45, 7) is 13.7. The smallest absolute Gasteiger partial charge is 0.252 e. The van der Waals surface area contributed by atoms with E-state index in [0.29, 0.717) is 0 Å². The predicted octanol–water partition coefficient (Wildman–Crippen LogP) is 25.2. The van der Waals surface area contributed by atoms with Crippen LogP contribution >= 0.6 is 0 Å². The van der Waals surface area contributed by atoms with Crippen molar-refractivity contribution >= 4 is 122 Å². The van der Waals surface area contributed by atoms with Crippen molar-refractivity contribution in [3.8, 4) is 67.0 Å². The third-order valence-corrected chi connectivity index (χ3v) is 22.6. The van der Waals surface area contributed by atoms with Crippen LogP contribution in [0.1, 0.15) is 52.7 Å². The highest BCUT2D eigenvalue weighted by atomic mass is 15.2. The number of hydrogen-bond donors (Lipinski definition) is 0. The standard InChI is InChI=1S/C100H75BN4/c1-99(2,3)71-50-55-89-83(59-71)84-60-72(100(4,5)6)51-56-90(84)102(89)73-52-54-86-92(61-73)105(98-79(66-33-15-9-16-34-66)45-28-46-80(98)67-35-17-10-18-36-67)94-63-74(103-87-47-25-23-41-81(87)82-42-24-26-48-88(82)103)62-93-96(94)101(86)85-53-49-70(95-75-39-21-19-37-68(75)57-69-38-20-22-40-76(69)95)58-91(85)104(93)97-77(64-29-11-7-12-30-64)43-27-44-78(97)65-31-13-8-14-32-65/h7-63H,1-6H3. The van der Waals surface area contributed by atoms with Crippen LogP contribution in [-0.4, -0.2) is 15.8 Å². The van der Waals surface area contributed by atoms with Gasteiger partial charge in [0.25, 0.3) is 6.71 Å². The molecule has 0 saturated carbocycles. The van der Waals surface area contributed by atoms with Crippen molar-refractivity contribution in [3.63, 3.8) is 0 Å². The van der Waals surface area contributed by atoms with Crippen LogP contribution < -0.4 is 26.2 Å². The molecule has 0 N–H and O–H groups in total. The van der Waals surface area contributed by atoms with Crippen molar-refractivity contribution in [2.75, 3.05) is 9.80 Å². The number of anilines is 6. The maximum atomic E-state index is 2.71. The van der Waals surface area contributed by atoms with Crippen molar-refractivity contribution in [1.29, 1.82) is 0 Å². The Bertz CT molecular complexity index is 6260. The molecule has 0 bridgehead atoms. The lowest BCUT2D eigenvalue weighted by Crippen LogP contribution is -2.61. The molecule has 0 spiro atoms. The summed E-state index contributed by atoms with van der Waals surface area (Å²) in [6, 6.07) is 131. The van der Waals surface area contributed by atoms with E-state index in [0.717, 1.165) is 107 Å². The number of benzene rings is 16. The highest BCUT2D eigenvalue weighted by molar-refractivity contribution is 7.00. The van der Waals surface area contributed by atoms with Crippen LogP contribution in [0.25, 0.3) is 132 Å². The second kappa shape index (κ2) is 24.0. The minimum Gasteiger partial charge on any atom is -0.310 e. The molecule has 18 aromatic rings. The molecule has 5 heteroatoms. The topological polar surface area (TPSA) is 16.3 Å². The molecule has 20 rings (SSSR count). The van der Waals surface area contributed by atoms with E-state index in [4.69, 9.17) is 0 Å². The summed E-state index contributed by atoms with van der Waals surface area (Å²) in [7, 11) is 0. The minimum absolute atomic E-state index is 0.0639. The van der Waals surface area contributed by atoms with Crippen LogP contribution in [0.15, 0.2) is 346 Å². The maximum Gasteiger partial charge on any atom is 0.252 e. The lowest BCUT2D eigenvalue weighted by Gasteiger charge is -2.46. The van der Waals surface area contributed by atoms with Crippen LogP contribution in [0.4, 0.5) is 34.1 Å². The van der Waals surface area contributed by atoms with E-state index < -0.39 is 0 Å². The Balaban J connectivity index is 0.984. The molecule has 0 aliphatic carbocycles. The molecule has 2 aliphatic rings. The molecular formula is C100H75BN4.